The maximum absolute atomic E-state index is 12.5. The molecule has 31 heavy (non-hydrogen) atoms. The number of aromatic nitrogens is 2. The van der Waals surface area contributed by atoms with Gasteiger partial charge in [-0.2, -0.15) is 0 Å². The highest BCUT2D eigenvalue weighted by atomic mass is 35.5. The summed E-state index contributed by atoms with van der Waals surface area (Å²) < 4.78 is 6.89. The molecule has 0 radical (unpaired) electrons. The van der Waals surface area contributed by atoms with Gasteiger partial charge in [-0.05, 0) is 48.5 Å². The molecule has 0 atom stereocenters. The van der Waals surface area contributed by atoms with Crippen LogP contribution in [-0.2, 0) is 11.8 Å². The Morgan fingerprint density at radius 2 is 1.58 bits per heavy atom. The number of carbonyl (C=O) groups is 1. The monoisotopic (exact) mass is 439 g/mol. The molecule has 2 amide bonds. The lowest BCUT2D eigenvalue weighted by Gasteiger charge is -2.28. The Morgan fingerprint density at radius 1 is 1.00 bits per heavy atom. The van der Waals surface area contributed by atoms with Gasteiger partial charge in [-0.15, -0.1) is 0 Å². The van der Waals surface area contributed by atoms with Crippen LogP contribution in [0.5, 0.6) is 0 Å². The molecule has 1 fully saturated rings. The molecule has 8 nitrogen and oxygen atoms in total. The van der Waals surface area contributed by atoms with Crippen molar-refractivity contribution in [2.75, 3.05) is 41.8 Å². The third-order valence-corrected chi connectivity index (χ3v) is 5.21. The van der Waals surface area contributed by atoms with Crippen molar-refractivity contribution in [2.45, 2.75) is 0 Å². The molecule has 2 aromatic carbocycles. The molecule has 3 aromatic rings. The third kappa shape index (κ3) is 5.04. The third-order valence-electron chi connectivity index (χ3n) is 4.96. The van der Waals surface area contributed by atoms with Crippen molar-refractivity contribution in [3.05, 3.63) is 70.0 Å². The topological polar surface area (TPSA) is 88.5 Å². The van der Waals surface area contributed by atoms with Crippen molar-refractivity contribution in [1.82, 2.24) is 9.55 Å². The maximum Gasteiger partial charge on any atom is 0.323 e. The lowest BCUT2D eigenvalue weighted by atomic mass is 10.2. The van der Waals surface area contributed by atoms with E-state index in [4.69, 9.17) is 21.3 Å². The predicted molar refractivity (Wildman–Crippen MR) is 122 cm³/mol. The van der Waals surface area contributed by atoms with Gasteiger partial charge in [0, 0.05) is 48.2 Å². The van der Waals surface area contributed by atoms with Gasteiger partial charge in [0.15, 0.2) is 0 Å². The Kier molecular flexibility index (Phi) is 6.20. The molecule has 2 heterocycles. The highest BCUT2D eigenvalue weighted by Crippen LogP contribution is 2.22. The first-order valence-corrected chi connectivity index (χ1v) is 10.2. The number of ether oxygens (including phenoxy) is 1. The fourth-order valence-corrected chi connectivity index (χ4v) is 3.40. The van der Waals surface area contributed by atoms with Crippen molar-refractivity contribution in [2.24, 2.45) is 7.05 Å². The lowest BCUT2D eigenvalue weighted by molar-refractivity contribution is 0.122. The molecule has 1 aromatic heterocycles. The van der Waals surface area contributed by atoms with Crippen molar-refractivity contribution < 1.29 is 9.53 Å². The van der Waals surface area contributed by atoms with Crippen LogP contribution in [0.15, 0.2) is 59.4 Å². The minimum Gasteiger partial charge on any atom is -0.378 e. The van der Waals surface area contributed by atoms with Crippen LogP contribution in [0.1, 0.15) is 0 Å². The maximum atomic E-state index is 12.5. The number of rotatable bonds is 4. The van der Waals surface area contributed by atoms with E-state index in [1.165, 1.54) is 4.57 Å². The van der Waals surface area contributed by atoms with Gasteiger partial charge < -0.3 is 20.3 Å². The predicted octanol–water partition coefficient (Wildman–Crippen LogP) is 3.58. The second-order valence-electron chi connectivity index (χ2n) is 7.10. The number of halogens is 1. The minimum atomic E-state index is -0.366. The second kappa shape index (κ2) is 9.20. The fraction of sp³-hybridized carbons (Fsp3) is 0.227. The summed E-state index contributed by atoms with van der Waals surface area (Å²) in [5.41, 5.74) is 1.90. The number of benzene rings is 2. The SMILES string of the molecule is Cn1c(-c2ccc(NC(=O)Nc3ccc(Cl)cc3)cc2)nc(N2CCOCC2)cc1=O. The summed E-state index contributed by atoms with van der Waals surface area (Å²) in [5.74, 6) is 1.21. The number of hydrogen-bond donors (Lipinski definition) is 2. The van der Waals surface area contributed by atoms with E-state index in [1.807, 2.05) is 17.0 Å². The number of carbonyl (C=O) groups excluding carboxylic acids is 1. The molecule has 0 unspecified atom stereocenters. The first kappa shape index (κ1) is 20.9. The number of nitrogens with one attached hydrogen (secondary N) is 2. The molecule has 4 rings (SSSR count). The van der Waals surface area contributed by atoms with E-state index in [1.54, 1.807) is 49.5 Å². The number of nitrogens with zero attached hydrogens (tertiary/aromatic N) is 3. The molecule has 0 spiro atoms. The Hall–Kier alpha value is -3.36. The Balaban J connectivity index is 1.49. The second-order valence-corrected chi connectivity index (χ2v) is 7.53. The van der Waals surface area contributed by atoms with E-state index >= 15 is 0 Å². The van der Waals surface area contributed by atoms with Crippen LogP contribution in [0.4, 0.5) is 22.0 Å². The largest absolute Gasteiger partial charge is 0.378 e. The van der Waals surface area contributed by atoms with Crippen LogP contribution in [0.25, 0.3) is 11.4 Å². The molecule has 0 aliphatic carbocycles. The van der Waals surface area contributed by atoms with E-state index in [9.17, 15) is 9.59 Å². The van der Waals surface area contributed by atoms with E-state index in [-0.39, 0.29) is 11.6 Å². The van der Waals surface area contributed by atoms with Crippen LogP contribution in [-0.4, -0.2) is 41.9 Å². The molecule has 2 N–H and O–H groups in total. The van der Waals surface area contributed by atoms with Crippen LogP contribution in [0.3, 0.4) is 0 Å². The summed E-state index contributed by atoms with van der Waals surface area (Å²) in [7, 11) is 1.69. The zero-order valence-electron chi connectivity index (χ0n) is 17.0. The molecule has 1 aliphatic heterocycles. The van der Waals surface area contributed by atoms with Gasteiger partial charge in [0.25, 0.3) is 5.56 Å². The zero-order chi connectivity index (χ0) is 21.8. The van der Waals surface area contributed by atoms with Gasteiger partial charge >= 0.3 is 6.03 Å². The summed E-state index contributed by atoms with van der Waals surface area (Å²) in [4.78, 5) is 31.4. The number of morpholine rings is 1. The Bertz CT molecular complexity index is 1120. The Labute approximate surface area is 184 Å². The molecule has 0 saturated carbocycles. The zero-order valence-corrected chi connectivity index (χ0v) is 17.7. The highest BCUT2D eigenvalue weighted by molar-refractivity contribution is 6.30. The van der Waals surface area contributed by atoms with Gasteiger partial charge in [0.05, 0.1) is 13.2 Å². The lowest BCUT2D eigenvalue weighted by Crippen LogP contribution is -2.38. The van der Waals surface area contributed by atoms with Crippen LogP contribution in [0.2, 0.25) is 5.02 Å². The molecule has 9 heteroatoms. The standard InChI is InChI=1S/C22H22ClN5O3/c1-27-20(29)14-19(28-10-12-31-13-11-28)26-21(27)15-2-6-17(7-3-15)24-22(30)25-18-8-4-16(23)5-9-18/h2-9,14H,10-13H2,1H3,(H2,24,25,30). The van der Waals surface area contributed by atoms with Crippen molar-refractivity contribution in [1.29, 1.82) is 0 Å². The first-order valence-electron chi connectivity index (χ1n) is 9.84. The van der Waals surface area contributed by atoms with Crippen molar-refractivity contribution in [3.63, 3.8) is 0 Å². The molecule has 160 valence electrons. The smallest absolute Gasteiger partial charge is 0.323 e. The van der Waals surface area contributed by atoms with E-state index in [2.05, 4.69) is 10.6 Å². The van der Waals surface area contributed by atoms with Gasteiger partial charge in [0.2, 0.25) is 0 Å². The summed E-state index contributed by atoms with van der Waals surface area (Å²) in [5, 5.41) is 6.12. The number of anilines is 3. The summed E-state index contributed by atoms with van der Waals surface area (Å²) in [6.07, 6.45) is 0. The van der Waals surface area contributed by atoms with E-state index in [0.29, 0.717) is 54.3 Å². The molecule has 1 saturated heterocycles. The summed E-state index contributed by atoms with van der Waals surface area (Å²) in [6.45, 7) is 2.63. The average Bonchev–Trinajstić information content (AvgIpc) is 2.78. The molecule has 0 bridgehead atoms. The van der Waals surface area contributed by atoms with Gasteiger partial charge in [-0.25, -0.2) is 9.78 Å². The highest BCUT2D eigenvalue weighted by Gasteiger charge is 2.16. The van der Waals surface area contributed by atoms with Gasteiger partial charge in [-0.1, -0.05) is 11.6 Å². The van der Waals surface area contributed by atoms with Crippen molar-refractivity contribution >= 4 is 34.8 Å². The van der Waals surface area contributed by atoms with E-state index < -0.39 is 0 Å². The van der Waals surface area contributed by atoms with Crippen LogP contribution in [0, 0.1) is 0 Å². The van der Waals surface area contributed by atoms with E-state index in [0.717, 1.165) is 5.56 Å². The summed E-state index contributed by atoms with van der Waals surface area (Å²) in [6, 6.07) is 15.2. The number of urea groups is 1. The molecule has 1 aliphatic rings. The fourth-order valence-electron chi connectivity index (χ4n) is 3.27. The summed E-state index contributed by atoms with van der Waals surface area (Å²) >= 11 is 5.86. The molecular formula is C22H22ClN5O3. The molecular weight excluding hydrogens is 418 g/mol. The van der Waals surface area contributed by atoms with Gasteiger partial charge in [0.1, 0.15) is 11.6 Å². The minimum absolute atomic E-state index is 0.129. The Morgan fingerprint density at radius 3 is 2.19 bits per heavy atom. The number of hydrogen-bond acceptors (Lipinski definition) is 5. The van der Waals surface area contributed by atoms with Crippen LogP contribution < -0.4 is 21.1 Å². The quantitative estimate of drug-likeness (QED) is 0.648. The van der Waals surface area contributed by atoms with Crippen LogP contribution >= 0.6 is 11.6 Å². The van der Waals surface area contributed by atoms with Gasteiger partial charge in [-0.3, -0.25) is 9.36 Å². The number of amides is 2. The normalized spacial score (nSPS) is 13.7. The van der Waals surface area contributed by atoms with Crippen molar-refractivity contribution in [3.8, 4) is 11.4 Å². The average molecular weight is 440 g/mol. The first-order chi connectivity index (χ1) is 15.0.